The number of anilines is 1. The molecule has 0 fully saturated rings. The number of aryl methyl sites for hydroxylation is 1. The zero-order valence-electron chi connectivity index (χ0n) is 10.3. The summed E-state index contributed by atoms with van der Waals surface area (Å²) in [6, 6.07) is 15.8. The molecule has 0 bridgehead atoms. The van der Waals surface area contributed by atoms with E-state index in [2.05, 4.69) is 5.32 Å². The summed E-state index contributed by atoms with van der Waals surface area (Å²) < 4.78 is 0. The molecule has 0 amide bonds. The van der Waals surface area contributed by atoms with Crippen molar-refractivity contribution in [1.82, 2.24) is 0 Å². The van der Waals surface area contributed by atoms with Crippen LogP contribution in [0.15, 0.2) is 48.5 Å². The molecule has 1 aliphatic heterocycles. The minimum atomic E-state index is -0.0534. The van der Waals surface area contributed by atoms with Crippen molar-refractivity contribution in [3.05, 3.63) is 65.2 Å². The molecule has 18 heavy (non-hydrogen) atoms. The average molecular weight is 237 g/mol. The van der Waals surface area contributed by atoms with Gasteiger partial charge in [0.2, 0.25) is 0 Å². The van der Waals surface area contributed by atoms with E-state index in [1.165, 1.54) is 0 Å². The van der Waals surface area contributed by atoms with Gasteiger partial charge in [0.1, 0.15) is 0 Å². The molecule has 3 rings (SSSR count). The molecule has 2 aromatic rings. The predicted octanol–water partition coefficient (Wildman–Crippen LogP) is 3.39. The van der Waals surface area contributed by atoms with E-state index in [4.69, 9.17) is 0 Å². The van der Waals surface area contributed by atoms with Gasteiger partial charge in [-0.15, -0.1) is 0 Å². The van der Waals surface area contributed by atoms with Gasteiger partial charge >= 0.3 is 0 Å². The second-order valence-corrected chi connectivity index (χ2v) is 4.70. The number of ketones is 1. The van der Waals surface area contributed by atoms with E-state index in [-0.39, 0.29) is 11.7 Å². The minimum Gasteiger partial charge on any atom is -0.384 e. The van der Waals surface area contributed by atoms with E-state index in [1.807, 2.05) is 55.5 Å². The quantitative estimate of drug-likeness (QED) is 0.811. The first-order valence-corrected chi connectivity index (χ1v) is 6.20. The molecule has 2 aromatic carbocycles. The Balaban J connectivity index is 1.99. The number of Topliss-reactive ketones (excluding diaryl/α,β-unsaturated/α-hetero) is 1. The Hall–Kier alpha value is -2.09. The number of carbonyl (C=O) groups excluding carboxylic acids is 1. The van der Waals surface area contributed by atoms with Crippen molar-refractivity contribution in [3.8, 4) is 0 Å². The monoisotopic (exact) mass is 237 g/mol. The summed E-state index contributed by atoms with van der Waals surface area (Å²) in [6.45, 7) is 2.69. The van der Waals surface area contributed by atoms with Crippen molar-refractivity contribution < 1.29 is 4.79 Å². The van der Waals surface area contributed by atoms with Gasteiger partial charge in [0.25, 0.3) is 0 Å². The Morgan fingerprint density at radius 2 is 1.83 bits per heavy atom. The number of rotatable bonds is 2. The summed E-state index contributed by atoms with van der Waals surface area (Å²) in [5, 5.41) is 3.30. The largest absolute Gasteiger partial charge is 0.384 e. The van der Waals surface area contributed by atoms with E-state index >= 15 is 0 Å². The van der Waals surface area contributed by atoms with Crippen molar-refractivity contribution in [2.45, 2.75) is 12.8 Å². The van der Waals surface area contributed by atoms with Gasteiger partial charge in [-0.25, -0.2) is 0 Å². The molecule has 2 nitrogen and oxygen atoms in total. The molecule has 1 unspecified atom stereocenters. The predicted molar refractivity (Wildman–Crippen MR) is 73.2 cm³/mol. The van der Waals surface area contributed by atoms with Gasteiger partial charge in [0.05, 0.1) is 5.92 Å². The maximum atomic E-state index is 12.6. The summed E-state index contributed by atoms with van der Waals surface area (Å²) in [7, 11) is 0. The summed E-state index contributed by atoms with van der Waals surface area (Å²) in [6.07, 6.45) is 0. The van der Waals surface area contributed by atoms with Crippen molar-refractivity contribution in [2.75, 3.05) is 11.9 Å². The van der Waals surface area contributed by atoms with Gasteiger partial charge in [-0.3, -0.25) is 4.79 Å². The van der Waals surface area contributed by atoms with E-state index in [0.29, 0.717) is 6.54 Å². The van der Waals surface area contributed by atoms with Crippen LogP contribution in [0.25, 0.3) is 0 Å². The molecule has 2 heteroatoms. The van der Waals surface area contributed by atoms with Crippen LogP contribution >= 0.6 is 0 Å². The summed E-state index contributed by atoms with van der Waals surface area (Å²) in [4.78, 5) is 12.6. The number of benzene rings is 2. The molecule has 90 valence electrons. The topological polar surface area (TPSA) is 29.1 Å². The fourth-order valence-corrected chi connectivity index (χ4v) is 2.55. The van der Waals surface area contributed by atoms with E-state index in [1.54, 1.807) is 0 Å². The van der Waals surface area contributed by atoms with Crippen LogP contribution in [0.5, 0.6) is 0 Å². The molecule has 0 spiro atoms. The Labute approximate surface area is 107 Å². The zero-order chi connectivity index (χ0) is 12.5. The SMILES string of the molecule is Cc1ccccc1C(=O)C1CNc2ccccc21. The number of nitrogens with one attached hydrogen (secondary N) is 1. The van der Waals surface area contributed by atoms with Gasteiger partial charge in [0, 0.05) is 17.8 Å². The molecule has 0 radical (unpaired) electrons. The van der Waals surface area contributed by atoms with Crippen LogP contribution in [-0.4, -0.2) is 12.3 Å². The molecule has 1 heterocycles. The van der Waals surface area contributed by atoms with Crippen LogP contribution in [0, 0.1) is 6.92 Å². The van der Waals surface area contributed by atoms with Gasteiger partial charge in [-0.05, 0) is 24.1 Å². The van der Waals surface area contributed by atoms with Crippen molar-refractivity contribution >= 4 is 11.5 Å². The average Bonchev–Trinajstić information content (AvgIpc) is 2.82. The lowest BCUT2D eigenvalue weighted by molar-refractivity contribution is 0.0966. The molecule has 0 aromatic heterocycles. The van der Waals surface area contributed by atoms with Crippen LogP contribution in [0.1, 0.15) is 27.4 Å². The normalized spacial score (nSPS) is 17.1. The highest BCUT2D eigenvalue weighted by Crippen LogP contribution is 2.33. The van der Waals surface area contributed by atoms with E-state index in [9.17, 15) is 4.79 Å². The van der Waals surface area contributed by atoms with Gasteiger partial charge in [-0.1, -0.05) is 42.5 Å². The molecule has 0 saturated heterocycles. The number of para-hydroxylation sites is 1. The summed E-state index contributed by atoms with van der Waals surface area (Å²) in [5.41, 5.74) is 4.09. The van der Waals surface area contributed by atoms with Crippen molar-refractivity contribution in [1.29, 1.82) is 0 Å². The molecule has 0 aliphatic carbocycles. The second kappa shape index (κ2) is 4.30. The lowest BCUT2D eigenvalue weighted by atomic mass is 9.90. The molecule has 0 saturated carbocycles. The zero-order valence-corrected chi connectivity index (χ0v) is 10.3. The van der Waals surface area contributed by atoms with Crippen LogP contribution in [0.3, 0.4) is 0 Å². The van der Waals surface area contributed by atoms with E-state index in [0.717, 1.165) is 22.4 Å². The first-order chi connectivity index (χ1) is 8.77. The lowest BCUT2D eigenvalue weighted by Gasteiger charge is -2.11. The van der Waals surface area contributed by atoms with Gasteiger partial charge in [0.15, 0.2) is 5.78 Å². The fraction of sp³-hybridized carbons (Fsp3) is 0.188. The smallest absolute Gasteiger partial charge is 0.172 e. The van der Waals surface area contributed by atoms with Gasteiger partial charge in [-0.2, -0.15) is 0 Å². The molecular formula is C16H15NO. The molecule has 1 aliphatic rings. The number of fused-ring (bicyclic) bond motifs is 1. The fourth-order valence-electron chi connectivity index (χ4n) is 2.55. The Morgan fingerprint density at radius 1 is 1.11 bits per heavy atom. The Bertz CT molecular complexity index is 604. The summed E-state index contributed by atoms with van der Waals surface area (Å²) in [5.74, 6) is 0.160. The third-order valence-electron chi connectivity index (χ3n) is 3.56. The molecule has 1 atom stereocenters. The van der Waals surface area contributed by atoms with E-state index < -0.39 is 0 Å². The lowest BCUT2D eigenvalue weighted by Crippen LogP contribution is -2.15. The second-order valence-electron chi connectivity index (χ2n) is 4.70. The Morgan fingerprint density at radius 3 is 2.67 bits per heavy atom. The highest BCUT2D eigenvalue weighted by Gasteiger charge is 2.29. The van der Waals surface area contributed by atoms with Crippen molar-refractivity contribution in [3.63, 3.8) is 0 Å². The summed E-state index contributed by atoms with van der Waals surface area (Å²) >= 11 is 0. The third kappa shape index (κ3) is 1.70. The molecule has 1 N–H and O–H groups in total. The van der Waals surface area contributed by atoms with Gasteiger partial charge < -0.3 is 5.32 Å². The van der Waals surface area contributed by atoms with Crippen molar-refractivity contribution in [2.24, 2.45) is 0 Å². The number of carbonyl (C=O) groups is 1. The van der Waals surface area contributed by atoms with Crippen LogP contribution in [0.4, 0.5) is 5.69 Å². The number of hydrogen-bond acceptors (Lipinski definition) is 2. The first-order valence-electron chi connectivity index (χ1n) is 6.20. The minimum absolute atomic E-state index is 0.0534. The van der Waals surface area contributed by atoms with Crippen LogP contribution in [0.2, 0.25) is 0 Å². The highest BCUT2D eigenvalue weighted by molar-refractivity contribution is 6.04. The van der Waals surface area contributed by atoms with Crippen LogP contribution in [-0.2, 0) is 0 Å². The standard InChI is InChI=1S/C16H15NO/c1-11-6-2-3-7-12(11)16(18)14-10-17-15-9-5-4-8-13(14)15/h2-9,14,17H,10H2,1H3. The van der Waals surface area contributed by atoms with Crippen LogP contribution < -0.4 is 5.32 Å². The maximum Gasteiger partial charge on any atom is 0.172 e. The number of hydrogen-bond donors (Lipinski definition) is 1. The Kier molecular flexibility index (Phi) is 2.63. The highest BCUT2D eigenvalue weighted by atomic mass is 16.1. The maximum absolute atomic E-state index is 12.6. The molecular weight excluding hydrogens is 222 g/mol. The third-order valence-corrected chi connectivity index (χ3v) is 3.56. The first kappa shape index (κ1) is 11.0.